The average molecular weight is 221 g/mol. The number of hydrogen-bond donors (Lipinski definition) is 0. The number of thiophene rings is 1. The van der Waals surface area contributed by atoms with Gasteiger partial charge in [0.1, 0.15) is 0 Å². The molecule has 0 radical (unpaired) electrons. The molecule has 0 atom stereocenters. The third-order valence-electron chi connectivity index (χ3n) is 2.63. The average Bonchev–Trinajstić information content (AvgIpc) is 2.60. The number of benzene rings is 1. The molecule has 0 bridgehead atoms. The number of halogens is 1. The van der Waals surface area contributed by atoms with Crippen LogP contribution >= 0.6 is 22.9 Å². The van der Waals surface area contributed by atoms with E-state index in [1.807, 2.05) is 23.5 Å². The Kier molecular flexibility index (Phi) is 1.73. The molecular weight excluding hydrogens is 212 g/mol. The summed E-state index contributed by atoms with van der Waals surface area (Å²) in [6, 6.07) is 6.14. The third-order valence-corrected chi connectivity index (χ3v) is 4.09. The van der Waals surface area contributed by atoms with Crippen molar-refractivity contribution in [2.45, 2.75) is 13.3 Å². The second kappa shape index (κ2) is 2.85. The van der Waals surface area contributed by atoms with Crippen LogP contribution in [0.15, 0.2) is 23.8 Å². The first kappa shape index (κ1) is 8.51. The fraction of sp³-hybridized carbons (Fsp3) is 0.167. The van der Waals surface area contributed by atoms with Crippen LogP contribution in [0.1, 0.15) is 17.4 Å². The summed E-state index contributed by atoms with van der Waals surface area (Å²) >= 11 is 8.06. The molecule has 0 spiro atoms. The fourth-order valence-corrected chi connectivity index (χ4v) is 3.65. The first-order chi connectivity index (χ1) is 6.75. The molecule has 0 N–H and O–H groups in total. The summed E-state index contributed by atoms with van der Waals surface area (Å²) in [4.78, 5) is 1.39. The SMILES string of the molecule is CC1=Cc2sc3cccc(Cl)c3c2C1. The minimum absolute atomic E-state index is 0.892. The maximum absolute atomic E-state index is 6.21. The van der Waals surface area contributed by atoms with Crippen LogP contribution in [-0.2, 0) is 6.42 Å². The molecule has 2 heteroatoms. The van der Waals surface area contributed by atoms with Crippen molar-refractivity contribution >= 4 is 39.1 Å². The van der Waals surface area contributed by atoms with Crippen molar-refractivity contribution < 1.29 is 0 Å². The summed E-state index contributed by atoms with van der Waals surface area (Å²) in [6.07, 6.45) is 3.34. The van der Waals surface area contributed by atoms with Gasteiger partial charge in [0.05, 0.1) is 0 Å². The zero-order valence-corrected chi connectivity index (χ0v) is 9.38. The van der Waals surface area contributed by atoms with E-state index in [1.54, 1.807) is 0 Å². The van der Waals surface area contributed by atoms with E-state index in [2.05, 4.69) is 19.1 Å². The van der Waals surface area contributed by atoms with Gasteiger partial charge in [0.2, 0.25) is 0 Å². The van der Waals surface area contributed by atoms with Crippen molar-refractivity contribution in [2.24, 2.45) is 0 Å². The molecule has 1 heterocycles. The Morgan fingerprint density at radius 2 is 2.21 bits per heavy atom. The summed E-state index contributed by atoms with van der Waals surface area (Å²) in [5.74, 6) is 0. The lowest BCUT2D eigenvalue weighted by Gasteiger charge is -1.97. The molecule has 1 aliphatic rings. The van der Waals surface area contributed by atoms with E-state index in [1.165, 1.54) is 26.1 Å². The highest BCUT2D eigenvalue weighted by Gasteiger charge is 2.17. The van der Waals surface area contributed by atoms with Crippen molar-refractivity contribution in [3.8, 4) is 0 Å². The largest absolute Gasteiger partial charge is 0.135 e. The van der Waals surface area contributed by atoms with Gasteiger partial charge in [0.25, 0.3) is 0 Å². The van der Waals surface area contributed by atoms with E-state index in [0.717, 1.165) is 11.4 Å². The van der Waals surface area contributed by atoms with E-state index in [-0.39, 0.29) is 0 Å². The molecule has 3 rings (SSSR count). The first-order valence-corrected chi connectivity index (χ1v) is 5.82. The molecule has 2 aromatic rings. The van der Waals surface area contributed by atoms with Crippen molar-refractivity contribution in [1.82, 2.24) is 0 Å². The Morgan fingerprint density at radius 3 is 3.07 bits per heavy atom. The van der Waals surface area contributed by atoms with Crippen LogP contribution in [0.25, 0.3) is 16.2 Å². The number of allylic oxidation sites excluding steroid dienone is 1. The summed E-state index contributed by atoms with van der Waals surface area (Å²) in [5.41, 5.74) is 2.86. The molecule has 0 unspecified atom stereocenters. The molecule has 0 amide bonds. The van der Waals surface area contributed by atoms with E-state index in [9.17, 15) is 0 Å². The predicted molar refractivity (Wildman–Crippen MR) is 64.2 cm³/mol. The molecular formula is C12H9ClS. The molecule has 0 aliphatic heterocycles. The van der Waals surface area contributed by atoms with E-state index < -0.39 is 0 Å². The van der Waals surface area contributed by atoms with E-state index in [0.29, 0.717) is 0 Å². The zero-order chi connectivity index (χ0) is 9.71. The van der Waals surface area contributed by atoms with Crippen molar-refractivity contribution in [1.29, 1.82) is 0 Å². The Labute approximate surface area is 91.8 Å². The molecule has 0 saturated carbocycles. The second-order valence-electron chi connectivity index (χ2n) is 3.73. The lowest BCUT2D eigenvalue weighted by molar-refractivity contribution is 1.22. The quantitative estimate of drug-likeness (QED) is 0.613. The highest BCUT2D eigenvalue weighted by atomic mass is 35.5. The third kappa shape index (κ3) is 1.06. The highest BCUT2D eigenvalue weighted by Crippen LogP contribution is 2.41. The molecule has 14 heavy (non-hydrogen) atoms. The Morgan fingerprint density at radius 1 is 1.36 bits per heavy atom. The van der Waals surface area contributed by atoms with Gasteiger partial charge in [-0.2, -0.15) is 0 Å². The Bertz CT molecular complexity index is 549. The second-order valence-corrected chi connectivity index (χ2v) is 5.22. The topological polar surface area (TPSA) is 0 Å². The monoisotopic (exact) mass is 220 g/mol. The van der Waals surface area contributed by atoms with Gasteiger partial charge in [0.15, 0.2) is 0 Å². The van der Waals surface area contributed by atoms with Crippen molar-refractivity contribution in [3.05, 3.63) is 39.2 Å². The van der Waals surface area contributed by atoms with Gasteiger partial charge in [-0.1, -0.05) is 23.2 Å². The van der Waals surface area contributed by atoms with Crippen LogP contribution in [0, 0.1) is 0 Å². The maximum atomic E-state index is 6.21. The standard InChI is InChI=1S/C12H9ClS/c1-7-5-8-11(6-7)14-10-4-2-3-9(13)12(8)10/h2-4,6H,5H2,1H3. The highest BCUT2D eigenvalue weighted by molar-refractivity contribution is 7.20. The van der Waals surface area contributed by atoms with Crippen LogP contribution in [-0.4, -0.2) is 0 Å². The maximum Gasteiger partial charge on any atom is 0.0495 e. The van der Waals surface area contributed by atoms with Crippen LogP contribution in [0.5, 0.6) is 0 Å². The minimum Gasteiger partial charge on any atom is -0.135 e. The van der Waals surface area contributed by atoms with E-state index in [4.69, 9.17) is 11.6 Å². The van der Waals surface area contributed by atoms with Crippen LogP contribution < -0.4 is 0 Å². The van der Waals surface area contributed by atoms with Gasteiger partial charge in [-0.3, -0.25) is 0 Å². The molecule has 1 aliphatic carbocycles. The molecule has 1 aromatic heterocycles. The van der Waals surface area contributed by atoms with Crippen LogP contribution in [0.2, 0.25) is 5.02 Å². The molecule has 0 nitrogen and oxygen atoms in total. The van der Waals surface area contributed by atoms with Crippen molar-refractivity contribution in [2.75, 3.05) is 0 Å². The lowest BCUT2D eigenvalue weighted by atomic mass is 10.1. The number of fused-ring (bicyclic) bond motifs is 3. The zero-order valence-electron chi connectivity index (χ0n) is 7.80. The molecule has 70 valence electrons. The Hall–Kier alpha value is -0.790. The van der Waals surface area contributed by atoms with Gasteiger partial charge in [-0.15, -0.1) is 11.3 Å². The summed E-state index contributed by atoms with van der Waals surface area (Å²) < 4.78 is 1.31. The van der Waals surface area contributed by atoms with Crippen LogP contribution in [0.4, 0.5) is 0 Å². The van der Waals surface area contributed by atoms with Gasteiger partial charge >= 0.3 is 0 Å². The molecule has 1 aromatic carbocycles. The summed E-state index contributed by atoms with van der Waals surface area (Å²) in [6.45, 7) is 2.18. The Balaban J connectivity index is 2.42. The number of rotatable bonds is 0. The smallest absolute Gasteiger partial charge is 0.0495 e. The van der Waals surface area contributed by atoms with Gasteiger partial charge in [-0.25, -0.2) is 0 Å². The normalized spacial score (nSPS) is 14.6. The van der Waals surface area contributed by atoms with Crippen LogP contribution in [0.3, 0.4) is 0 Å². The van der Waals surface area contributed by atoms with Gasteiger partial charge in [-0.05, 0) is 37.1 Å². The van der Waals surface area contributed by atoms with Crippen molar-refractivity contribution in [3.63, 3.8) is 0 Å². The van der Waals surface area contributed by atoms with E-state index >= 15 is 0 Å². The lowest BCUT2D eigenvalue weighted by Crippen LogP contribution is -1.79. The minimum atomic E-state index is 0.892. The summed E-state index contributed by atoms with van der Waals surface area (Å²) in [5, 5.41) is 2.16. The van der Waals surface area contributed by atoms with Gasteiger partial charge < -0.3 is 0 Å². The first-order valence-electron chi connectivity index (χ1n) is 4.63. The molecule has 0 fully saturated rings. The fourth-order valence-electron chi connectivity index (χ4n) is 2.03. The molecule has 0 saturated heterocycles. The summed E-state index contributed by atoms with van der Waals surface area (Å²) in [7, 11) is 0. The number of hydrogen-bond acceptors (Lipinski definition) is 1. The predicted octanol–water partition coefficient (Wildman–Crippen LogP) is 4.51. The van der Waals surface area contributed by atoms with Gasteiger partial charge in [0, 0.05) is 20.0 Å².